The van der Waals surface area contributed by atoms with Gasteiger partial charge in [-0.05, 0) is 17.5 Å². The van der Waals surface area contributed by atoms with E-state index in [4.69, 9.17) is 4.74 Å². The summed E-state index contributed by atoms with van der Waals surface area (Å²) in [4.78, 5) is 17.8. The van der Waals surface area contributed by atoms with E-state index in [2.05, 4.69) is 23.1 Å². The minimum absolute atomic E-state index is 0.173. The first kappa shape index (κ1) is 14.7. The van der Waals surface area contributed by atoms with Gasteiger partial charge in [-0.15, -0.1) is 11.3 Å². The number of fused-ring (bicyclic) bond motifs is 1. The molecule has 0 aliphatic carbocycles. The molecule has 4 nitrogen and oxygen atoms in total. The highest BCUT2D eigenvalue weighted by Crippen LogP contribution is 2.36. The number of hydrogen-bond donors (Lipinski definition) is 0. The second-order valence-electron chi connectivity index (χ2n) is 6.00. The summed E-state index contributed by atoms with van der Waals surface area (Å²) in [6.07, 6.45) is 1.02. The Labute approximate surface area is 140 Å². The van der Waals surface area contributed by atoms with Crippen LogP contribution in [-0.4, -0.2) is 48.5 Å². The van der Waals surface area contributed by atoms with Gasteiger partial charge >= 0.3 is 0 Å². The molecule has 5 heteroatoms. The lowest BCUT2D eigenvalue weighted by Gasteiger charge is -2.41. The molecule has 2 aliphatic rings. The number of hydrogen-bond acceptors (Lipinski definition) is 4. The third kappa shape index (κ3) is 2.86. The molecule has 2 aromatic rings. The van der Waals surface area contributed by atoms with Crippen LogP contribution < -0.4 is 4.74 Å². The van der Waals surface area contributed by atoms with Gasteiger partial charge < -0.3 is 9.64 Å². The Morgan fingerprint density at radius 1 is 1.09 bits per heavy atom. The van der Waals surface area contributed by atoms with Crippen LogP contribution in [0.2, 0.25) is 0 Å². The van der Waals surface area contributed by atoms with E-state index >= 15 is 0 Å². The molecule has 0 bridgehead atoms. The highest BCUT2D eigenvalue weighted by atomic mass is 32.1. The highest BCUT2D eigenvalue weighted by molar-refractivity contribution is 7.12. The number of carbonyl (C=O) groups is 1. The molecule has 0 N–H and O–H groups in total. The first-order valence-electron chi connectivity index (χ1n) is 8.11. The van der Waals surface area contributed by atoms with Crippen LogP contribution in [-0.2, 0) is 0 Å². The molecule has 23 heavy (non-hydrogen) atoms. The predicted octanol–water partition coefficient (Wildman–Crippen LogP) is 3.03. The number of carbonyl (C=O) groups excluding carboxylic acids is 1. The van der Waals surface area contributed by atoms with Crippen LogP contribution in [0.5, 0.6) is 5.75 Å². The molecule has 1 unspecified atom stereocenters. The van der Waals surface area contributed by atoms with Crippen LogP contribution in [0.1, 0.15) is 27.7 Å². The second kappa shape index (κ2) is 6.34. The lowest BCUT2D eigenvalue weighted by Crippen LogP contribution is -2.50. The molecular weight excluding hydrogens is 308 g/mol. The third-order valence-corrected chi connectivity index (χ3v) is 5.56. The Bertz CT molecular complexity index is 678. The van der Waals surface area contributed by atoms with Crippen LogP contribution in [0.15, 0.2) is 41.8 Å². The molecule has 0 radical (unpaired) electrons. The summed E-state index contributed by atoms with van der Waals surface area (Å²) in [5, 5.41) is 1.96. The summed E-state index contributed by atoms with van der Waals surface area (Å²) in [7, 11) is 0. The minimum Gasteiger partial charge on any atom is -0.493 e. The molecule has 1 aromatic carbocycles. The molecule has 0 saturated carbocycles. The smallest absolute Gasteiger partial charge is 0.264 e. The van der Waals surface area contributed by atoms with Crippen molar-refractivity contribution in [2.75, 3.05) is 32.8 Å². The molecule has 3 heterocycles. The van der Waals surface area contributed by atoms with Crippen molar-refractivity contribution in [1.82, 2.24) is 9.80 Å². The van der Waals surface area contributed by atoms with E-state index in [9.17, 15) is 4.79 Å². The number of ether oxygens (including phenoxy) is 1. The summed E-state index contributed by atoms with van der Waals surface area (Å²) < 4.78 is 5.76. The van der Waals surface area contributed by atoms with Crippen LogP contribution in [0.4, 0.5) is 0 Å². The quantitative estimate of drug-likeness (QED) is 0.849. The van der Waals surface area contributed by atoms with E-state index < -0.39 is 0 Å². The standard InChI is InChI=1S/C18H20N2O2S/c21-18(17-6-3-13-23-17)20-10-8-19(9-11-20)15-7-12-22-16-5-2-1-4-14(15)16/h1-6,13,15H,7-12H2. The molecule has 1 fully saturated rings. The van der Waals surface area contributed by atoms with E-state index in [0.717, 1.165) is 49.8 Å². The SMILES string of the molecule is O=C(c1cccs1)N1CCN(C2CCOc3ccccc32)CC1. The molecule has 0 spiro atoms. The number of piperazine rings is 1. The van der Waals surface area contributed by atoms with Crippen molar-refractivity contribution in [3.05, 3.63) is 52.2 Å². The lowest BCUT2D eigenvalue weighted by atomic mass is 9.98. The zero-order valence-electron chi connectivity index (χ0n) is 13.0. The number of rotatable bonds is 2. The Balaban J connectivity index is 1.43. The minimum atomic E-state index is 0.173. The molecule has 1 atom stereocenters. The number of nitrogens with zero attached hydrogens (tertiary/aromatic N) is 2. The molecule has 1 saturated heterocycles. The summed E-state index contributed by atoms with van der Waals surface area (Å²) in [5.41, 5.74) is 1.29. The molecule has 4 rings (SSSR count). The molecule has 2 aliphatic heterocycles. The van der Waals surface area contributed by atoms with Crippen molar-refractivity contribution in [3.63, 3.8) is 0 Å². The number of thiophene rings is 1. The number of amides is 1. The van der Waals surface area contributed by atoms with Crippen molar-refractivity contribution in [3.8, 4) is 5.75 Å². The van der Waals surface area contributed by atoms with Gasteiger partial charge in [0.05, 0.1) is 11.5 Å². The van der Waals surface area contributed by atoms with Gasteiger partial charge in [-0.25, -0.2) is 0 Å². The van der Waals surface area contributed by atoms with Crippen molar-refractivity contribution in [1.29, 1.82) is 0 Å². The van der Waals surface area contributed by atoms with Gasteiger partial charge in [0.25, 0.3) is 5.91 Å². The van der Waals surface area contributed by atoms with Gasteiger partial charge in [0.1, 0.15) is 5.75 Å². The topological polar surface area (TPSA) is 32.8 Å². The Morgan fingerprint density at radius 2 is 1.91 bits per heavy atom. The fourth-order valence-electron chi connectivity index (χ4n) is 3.50. The van der Waals surface area contributed by atoms with E-state index in [-0.39, 0.29) is 5.91 Å². The normalized spacial score (nSPS) is 21.6. The van der Waals surface area contributed by atoms with Crippen LogP contribution >= 0.6 is 11.3 Å². The average Bonchev–Trinajstić information content (AvgIpc) is 3.15. The van der Waals surface area contributed by atoms with Gasteiger partial charge in [0.15, 0.2) is 0 Å². The number of para-hydroxylation sites is 1. The summed E-state index contributed by atoms with van der Waals surface area (Å²) >= 11 is 1.52. The molecule has 1 amide bonds. The Morgan fingerprint density at radius 3 is 2.70 bits per heavy atom. The Kier molecular flexibility index (Phi) is 4.06. The first-order valence-corrected chi connectivity index (χ1v) is 8.99. The predicted molar refractivity (Wildman–Crippen MR) is 91.1 cm³/mol. The van der Waals surface area contributed by atoms with Gasteiger partial charge in [-0.1, -0.05) is 24.3 Å². The second-order valence-corrected chi connectivity index (χ2v) is 6.94. The summed E-state index contributed by atoms with van der Waals surface area (Å²) in [6.45, 7) is 4.23. The van der Waals surface area contributed by atoms with Crippen molar-refractivity contribution in [2.24, 2.45) is 0 Å². The largest absolute Gasteiger partial charge is 0.493 e. The van der Waals surface area contributed by atoms with E-state index in [1.54, 1.807) is 0 Å². The summed E-state index contributed by atoms with van der Waals surface area (Å²) in [6, 6.07) is 12.6. The zero-order chi connectivity index (χ0) is 15.6. The first-order chi connectivity index (χ1) is 11.3. The number of benzene rings is 1. The van der Waals surface area contributed by atoms with E-state index in [1.807, 2.05) is 28.5 Å². The van der Waals surface area contributed by atoms with Crippen molar-refractivity contribution >= 4 is 17.2 Å². The van der Waals surface area contributed by atoms with Gasteiger partial charge in [-0.2, -0.15) is 0 Å². The van der Waals surface area contributed by atoms with Gasteiger partial charge in [0, 0.05) is 44.2 Å². The van der Waals surface area contributed by atoms with Crippen molar-refractivity contribution in [2.45, 2.75) is 12.5 Å². The molecule has 1 aromatic heterocycles. The zero-order valence-corrected chi connectivity index (χ0v) is 13.8. The fraction of sp³-hybridized carbons (Fsp3) is 0.389. The molecular formula is C18H20N2O2S. The van der Waals surface area contributed by atoms with Crippen molar-refractivity contribution < 1.29 is 9.53 Å². The monoisotopic (exact) mass is 328 g/mol. The maximum absolute atomic E-state index is 12.4. The van der Waals surface area contributed by atoms with Crippen LogP contribution in [0, 0.1) is 0 Å². The molecule has 120 valence electrons. The van der Waals surface area contributed by atoms with Crippen LogP contribution in [0.25, 0.3) is 0 Å². The summed E-state index contributed by atoms with van der Waals surface area (Å²) in [5.74, 6) is 1.19. The maximum Gasteiger partial charge on any atom is 0.264 e. The third-order valence-electron chi connectivity index (χ3n) is 4.70. The van der Waals surface area contributed by atoms with E-state index in [1.165, 1.54) is 16.9 Å². The van der Waals surface area contributed by atoms with Gasteiger partial charge in [0.2, 0.25) is 0 Å². The van der Waals surface area contributed by atoms with Gasteiger partial charge in [-0.3, -0.25) is 9.69 Å². The fourth-order valence-corrected chi connectivity index (χ4v) is 4.19. The average molecular weight is 328 g/mol. The lowest BCUT2D eigenvalue weighted by molar-refractivity contribution is 0.0514. The highest BCUT2D eigenvalue weighted by Gasteiger charge is 2.30. The maximum atomic E-state index is 12.4. The van der Waals surface area contributed by atoms with E-state index in [0.29, 0.717) is 6.04 Å². The Hall–Kier alpha value is -1.85. The van der Waals surface area contributed by atoms with Crippen LogP contribution in [0.3, 0.4) is 0 Å².